The van der Waals surface area contributed by atoms with E-state index in [1.54, 1.807) is 24.1 Å². The normalized spacial score (nSPS) is 13.6. The molecule has 0 aliphatic carbocycles. The molecule has 6 heteroatoms. The minimum Gasteiger partial charge on any atom is -0.495 e. The van der Waals surface area contributed by atoms with Gasteiger partial charge in [0.2, 0.25) is 5.91 Å². The first-order chi connectivity index (χ1) is 12.6. The average Bonchev–Trinajstić information content (AvgIpc) is 3.06. The summed E-state index contributed by atoms with van der Waals surface area (Å²) in [6.45, 7) is 2.53. The molecule has 0 radical (unpaired) electrons. The largest absolute Gasteiger partial charge is 0.495 e. The maximum Gasteiger partial charge on any atom is 0.262 e. The van der Waals surface area contributed by atoms with Crippen LogP contribution >= 0.6 is 0 Å². The Morgan fingerprint density at radius 2 is 2.08 bits per heavy atom. The van der Waals surface area contributed by atoms with Gasteiger partial charge in [0.1, 0.15) is 11.5 Å². The standard InChI is InChI=1S/C20H22N2O4/c1-14-8-9-18(25-2)17(11-14)21-19(23)13-26-16-6-3-5-15(12-16)22-10-4-7-20(22)24/h3,5-6,8-9,11-12H,4,7,10,13H2,1-2H3,(H,21,23). The fourth-order valence-corrected chi connectivity index (χ4v) is 2.92. The van der Waals surface area contributed by atoms with E-state index in [1.807, 2.05) is 37.3 Å². The third-order valence-corrected chi connectivity index (χ3v) is 4.20. The number of anilines is 2. The first kappa shape index (κ1) is 17.8. The van der Waals surface area contributed by atoms with E-state index < -0.39 is 0 Å². The molecular weight excluding hydrogens is 332 g/mol. The number of carbonyl (C=O) groups is 2. The van der Waals surface area contributed by atoms with Crippen LogP contribution in [0, 0.1) is 6.92 Å². The molecule has 2 amide bonds. The van der Waals surface area contributed by atoms with Gasteiger partial charge in [-0.05, 0) is 43.2 Å². The van der Waals surface area contributed by atoms with Crippen molar-refractivity contribution in [2.24, 2.45) is 0 Å². The summed E-state index contributed by atoms with van der Waals surface area (Å²) in [7, 11) is 1.56. The quantitative estimate of drug-likeness (QED) is 0.865. The maximum absolute atomic E-state index is 12.2. The molecule has 0 unspecified atom stereocenters. The molecule has 0 bridgehead atoms. The summed E-state index contributed by atoms with van der Waals surface area (Å²) in [6.07, 6.45) is 1.44. The van der Waals surface area contributed by atoms with Crippen LogP contribution in [-0.2, 0) is 9.59 Å². The van der Waals surface area contributed by atoms with E-state index >= 15 is 0 Å². The molecule has 0 spiro atoms. The summed E-state index contributed by atoms with van der Waals surface area (Å²) in [4.78, 5) is 25.8. The van der Waals surface area contributed by atoms with Gasteiger partial charge in [0, 0.05) is 24.7 Å². The van der Waals surface area contributed by atoms with Crippen LogP contribution in [0.2, 0.25) is 0 Å². The summed E-state index contributed by atoms with van der Waals surface area (Å²) >= 11 is 0. The van der Waals surface area contributed by atoms with Crippen LogP contribution in [0.25, 0.3) is 0 Å². The molecule has 136 valence electrons. The van der Waals surface area contributed by atoms with Gasteiger partial charge < -0.3 is 19.7 Å². The van der Waals surface area contributed by atoms with E-state index in [9.17, 15) is 9.59 Å². The second-order valence-electron chi connectivity index (χ2n) is 6.19. The molecule has 1 aliphatic heterocycles. The number of amides is 2. The van der Waals surface area contributed by atoms with Gasteiger partial charge >= 0.3 is 0 Å². The highest BCUT2D eigenvalue weighted by molar-refractivity contribution is 5.95. The summed E-state index contributed by atoms with van der Waals surface area (Å²) in [6, 6.07) is 12.8. The Bertz CT molecular complexity index is 819. The van der Waals surface area contributed by atoms with Crippen LogP contribution in [0.4, 0.5) is 11.4 Å². The van der Waals surface area contributed by atoms with Crippen LogP contribution in [0.15, 0.2) is 42.5 Å². The predicted octanol–water partition coefficient (Wildman–Crippen LogP) is 3.15. The maximum atomic E-state index is 12.2. The molecule has 0 aromatic heterocycles. The van der Waals surface area contributed by atoms with Crippen LogP contribution in [0.5, 0.6) is 11.5 Å². The topological polar surface area (TPSA) is 67.9 Å². The van der Waals surface area contributed by atoms with Crippen molar-refractivity contribution < 1.29 is 19.1 Å². The minimum absolute atomic E-state index is 0.117. The molecular formula is C20H22N2O4. The summed E-state index contributed by atoms with van der Waals surface area (Å²) in [5.74, 6) is 0.982. The van der Waals surface area contributed by atoms with Crippen molar-refractivity contribution in [2.75, 3.05) is 30.5 Å². The Balaban J connectivity index is 1.61. The monoisotopic (exact) mass is 354 g/mol. The molecule has 6 nitrogen and oxygen atoms in total. The lowest BCUT2D eigenvalue weighted by Gasteiger charge is -2.17. The Hall–Kier alpha value is -3.02. The van der Waals surface area contributed by atoms with E-state index in [1.165, 1.54) is 0 Å². The number of ether oxygens (including phenoxy) is 2. The molecule has 26 heavy (non-hydrogen) atoms. The van der Waals surface area contributed by atoms with Gasteiger partial charge in [-0.3, -0.25) is 9.59 Å². The lowest BCUT2D eigenvalue weighted by atomic mass is 10.2. The molecule has 0 atom stereocenters. The van der Waals surface area contributed by atoms with Gasteiger partial charge in [-0.1, -0.05) is 12.1 Å². The molecule has 1 N–H and O–H groups in total. The fraction of sp³-hybridized carbons (Fsp3) is 0.300. The highest BCUT2D eigenvalue weighted by atomic mass is 16.5. The average molecular weight is 354 g/mol. The van der Waals surface area contributed by atoms with E-state index in [0.717, 1.165) is 24.2 Å². The zero-order valence-corrected chi connectivity index (χ0v) is 15.0. The molecule has 1 saturated heterocycles. The van der Waals surface area contributed by atoms with Gasteiger partial charge in [-0.25, -0.2) is 0 Å². The predicted molar refractivity (Wildman–Crippen MR) is 99.9 cm³/mol. The van der Waals surface area contributed by atoms with E-state index in [4.69, 9.17) is 9.47 Å². The van der Waals surface area contributed by atoms with Crippen LogP contribution in [0.1, 0.15) is 18.4 Å². The van der Waals surface area contributed by atoms with Crippen molar-refractivity contribution in [3.05, 3.63) is 48.0 Å². The number of methoxy groups -OCH3 is 1. The molecule has 1 heterocycles. The lowest BCUT2D eigenvalue weighted by Crippen LogP contribution is -2.24. The molecule has 2 aromatic carbocycles. The molecule has 2 aromatic rings. The lowest BCUT2D eigenvalue weighted by molar-refractivity contribution is -0.118. The van der Waals surface area contributed by atoms with E-state index in [0.29, 0.717) is 23.6 Å². The van der Waals surface area contributed by atoms with Crippen molar-refractivity contribution >= 4 is 23.2 Å². The minimum atomic E-state index is -0.281. The van der Waals surface area contributed by atoms with E-state index in [-0.39, 0.29) is 18.4 Å². The van der Waals surface area contributed by atoms with Crippen molar-refractivity contribution in [3.63, 3.8) is 0 Å². The number of nitrogens with zero attached hydrogens (tertiary/aromatic N) is 1. The molecule has 1 fully saturated rings. The Labute approximate surface area is 152 Å². The second-order valence-corrected chi connectivity index (χ2v) is 6.19. The number of benzene rings is 2. The molecule has 0 saturated carbocycles. The van der Waals surface area contributed by atoms with Gasteiger partial charge in [0.25, 0.3) is 5.91 Å². The van der Waals surface area contributed by atoms with Gasteiger partial charge in [-0.2, -0.15) is 0 Å². The smallest absolute Gasteiger partial charge is 0.262 e. The number of aryl methyl sites for hydroxylation is 1. The van der Waals surface area contributed by atoms with Crippen LogP contribution < -0.4 is 19.7 Å². The van der Waals surface area contributed by atoms with E-state index in [2.05, 4.69) is 5.32 Å². The highest BCUT2D eigenvalue weighted by Crippen LogP contribution is 2.26. The van der Waals surface area contributed by atoms with Crippen molar-refractivity contribution in [1.29, 1.82) is 0 Å². The SMILES string of the molecule is COc1ccc(C)cc1NC(=O)COc1cccc(N2CCCC2=O)c1. The Morgan fingerprint density at radius 3 is 2.81 bits per heavy atom. The third kappa shape index (κ3) is 4.14. The zero-order chi connectivity index (χ0) is 18.5. The Kier molecular flexibility index (Phi) is 5.41. The zero-order valence-electron chi connectivity index (χ0n) is 15.0. The molecule has 1 aliphatic rings. The number of carbonyl (C=O) groups excluding carboxylic acids is 2. The Morgan fingerprint density at radius 1 is 1.23 bits per heavy atom. The second kappa shape index (κ2) is 7.91. The third-order valence-electron chi connectivity index (χ3n) is 4.20. The van der Waals surface area contributed by atoms with Gasteiger partial charge in [-0.15, -0.1) is 0 Å². The van der Waals surface area contributed by atoms with Crippen LogP contribution in [-0.4, -0.2) is 32.1 Å². The number of rotatable bonds is 6. The first-order valence-corrected chi connectivity index (χ1v) is 8.54. The summed E-state index contributed by atoms with van der Waals surface area (Å²) < 4.78 is 10.8. The van der Waals surface area contributed by atoms with Gasteiger partial charge in [0.05, 0.1) is 12.8 Å². The van der Waals surface area contributed by atoms with Crippen molar-refractivity contribution in [2.45, 2.75) is 19.8 Å². The number of hydrogen-bond donors (Lipinski definition) is 1. The van der Waals surface area contributed by atoms with Crippen LogP contribution in [0.3, 0.4) is 0 Å². The summed E-state index contributed by atoms with van der Waals surface area (Å²) in [5, 5.41) is 2.80. The van der Waals surface area contributed by atoms with Crippen molar-refractivity contribution in [1.82, 2.24) is 0 Å². The molecule has 3 rings (SSSR count). The number of nitrogens with one attached hydrogen (secondary N) is 1. The first-order valence-electron chi connectivity index (χ1n) is 8.54. The van der Waals surface area contributed by atoms with Crippen molar-refractivity contribution in [3.8, 4) is 11.5 Å². The fourth-order valence-electron chi connectivity index (χ4n) is 2.92. The van der Waals surface area contributed by atoms with Gasteiger partial charge in [0.15, 0.2) is 6.61 Å². The highest BCUT2D eigenvalue weighted by Gasteiger charge is 2.21. The summed E-state index contributed by atoms with van der Waals surface area (Å²) in [5.41, 5.74) is 2.42. The number of hydrogen-bond acceptors (Lipinski definition) is 4.